The van der Waals surface area contributed by atoms with Gasteiger partial charge in [-0.1, -0.05) is 24.3 Å². The molecule has 2 N–H and O–H groups in total. The van der Waals surface area contributed by atoms with Crippen LogP contribution in [-0.2, 0) is 6.42 Å². The van der Waals surface area contributed by atoms with Gasteiger partial charge in [-0.25, -0.2) is 0 Å². The normalized spacial score (nSPS) is 26.3. The van der Waals surface area contributed by atoms with Crippen LogP contribution in [0.15, 0.2) is 42.5 Å². The third-order valence-electron chi connectivity index (χ3n) is 6.67. The lowest BCUT2D eigenvalue weighted by molar-refractivity contribution is -0.0587. The Balaban J connectivity index is 1.21. The predicted molar refractivity (Wildman–Crippen MR) is 110 cm³/mol. The summed E-state index contributed by atoms with van der Waals surface area (Å²) >= 11 is 0. The molecule has 0 bridgehead atoms. The molecule has 2 aromatic carbocycles. The van der Waals surface area contributed by atoms with Gasteiger partial charge in [-0.2, -0.15) is 0 Å². The third-order valence-corrected chi connectivity index (χ3v) is 6.67. The highest BCUT2D eigenvalue weighted by molar-refractivity contribution is 5.41. The summed E-state index contributed by atoms with van der Waals surface area (Å²) in [6.45, 7) is 4.40. The summed E-state index contributed by atoms with van der Waals surface area (Å²) in [5, 5.41) is 21.4. The maximum Gasteiger partial charge on any atom is 0.125 e. The molecule has 3 aliphatic rings. The van der Waals surface area contributed by atoms with Gasteiger partial charge in [-0.05, 0) is 49.1 Å². The van der Waals surface area contributed by atoms with E-state index in [2.05, 4.69) is 17.9 Å². The van der Waals surface area contributed by atoms with E-state index in [-0.39, 0.29) is 11.7 Å². The van der Waals surface area contributed by atoms with Gasteiger partial charge in [0.05, 0.1) is 12.2 Å². The molecule has 5 nitrogen and oxygen atoms in total. The van der Waals surface area contributed by atoms with Crippen molar-refractivity contribution >= 4 is 0 Å². The standard InChI is InChI=1S/C24H29NO4/c1-16-12-18-13-17(6-7-22(18)28-16)21(27)15-25-10-8-24(9-11-25)14-20(26)19-4-2-3-5-23(19)29-24/h2-7,13,16,20-21,26-27H,8-12,14-15H2,1H3/t16-,20+,21+/m1/s1. The highest BCUT2D eigenvalue weighted by Gasteiger charge is 2.43. The number of aliphatic hydroxyl groups excluding tert-OH is 2. The van der Waals surface area contributed by atoms with Gasteiger partial charge >= 0.3 is 0 Å². The molecule has 3 atom stereocenters. The molecule has 0 amide bonds. The van der Waals surface area contributed by atoms with Gasteiger partial charge in [-0.3, -0.25) is 0 Å². The number of piperidine rings is 1. The lowest BCUT2D eigenvalue weighted by Crippen LogP contribution is -2.51. The van der Waals surface area contributed by atoms with Gasteiger partial charge in [0.2, 0.25) is 0 Å². The Hall–Kier alpha value is -2.08. The second-order valence-electron chi connectivity index (χ2n) is 8.86. The molecule has 5 heteroatoms. The maximum atomic E-state index is 10.8. The summed E-state index contributed by atoms with van der Waals surface area (Å²) in [5.41, 5.74) is 2.75. The lowest BCUT2D eigenvalue weighted by Gasteiger charge is -2.46. The number of β-amino-alcohol motifs (C(OH)–C–C–N with tert-alkyl or cyclic N) is 1. The predicted octanol–water partition coefficient (Wildman–Crippen LogP) is 3.39. The highest BCUT2D eigenvalue weighted by atomic mass is 16.5. The van der Waals surface area contributed by atoms with Crippen molar-refractivity contribution in [3.8, 4) is 11.5 Å². The third kappa shape index (κ3) is 3.63. The van der Waals surface area contributed by atoms with E-state index < -0.39 is 12.2 Å². The van der Waals surface area contributed by atoms with Crippen molar-refractivity contribution in [3.63, 3.8) is 0 Å². The topological polar surface area (TPSA) is 62.2 Å². The summed E-state index contributed by atoms with van der Waals surface area (Å²) in [7, 11) is 0. The number of hydrogen-bond donors (Lipinski definition) is 2. The first kappa shape index (κ1) is 18.9. The van der Waals surface area contributed by atoms with Crippen molar-refractivity contribution < 1.29 is 19.7 Å². The first-order chi connectivity index (χ1) is 14.0. The zero-order valence-corrected chi connectivity index (χ0v) is 16.9. The number of nitrogens with zero attached hydrogens (tertiary/aromatic N) is 1. The van der Waals surface area contributed by atoms with Crippen molar-refractivity contribution in [2.75, 3.05) is 19.6 Å². The minimum absolute atomic E-state index is 0.214. The molecule has 1 spiro atoms. The van der Waals surface area contributed by atoms with Crippen LogP contribution in [0.5, 0.6) is 11.5 Å². The molecule has 3 heterocycles. The van der Waals surface area contributed by atoms with E-state index in [0.717, 1.165) is 55.0 Å². The van der Waals surface area contributed by atoms with Crippen LogP contribution in [0.4, 0.5) is 0 Å². The summed E-state index contributed by atoms with van der Waals surface area (Å²) in [6, 6.07) is 13.8. The largest absolute Gasteiger partial charge is 0.490 e. The quantitative estimate of drug-likeness (QED) is 0.834. The molecule has 3 aliphatic heterocycles. The van der Waals surface area contributed by atoms with Crippen LogP contribution in [0, 0.1) is 0 Å². The number of aliphatic hydroxyl groups is 2. The average molecular weight is 395 g/mol. The van der Waals surface area contributed by atoms with Gasteiger partial charge in [0.15, 0.2) is 0 Å². The molecule has 1 saturated heterocycles. The van der Waals surface area contributed by atoms with Crippen LogP contribution in [0.3, 0.4) is 0 Å². The molecule has 29 heavy (non-hydrogen) atoms. The van der Waals surface area contributed by atoms with Crippen molar-refractivity contribution in [1.29, 1.82) is 0 Å². The Bertz CT molecular complexity index is 890. The van der Waals surface area contributed by atoms with Crippen molar-refractivity contribution in [2.24, 2.45) is 0 Å². The molecule has 0 unspecified atom stereocenters. The minimum atomic E-state index is -0.510. The fraction of sp³-hybridized carbons (Fsp3) is 0.500. The van der Waals surface area contributed by atoms with Gasteiger partial charge < -0.3 is 24.6 Å². The number of rotatable bonds is 3. The first-order valence-electron chi connectivity index (χ1n) is 10.7. The summed E-state index contributed by atoms with van der Waals surface area (Å²) in [4.78, 5) is 2.30. The van der Waals surface area contributed by atoms with Gasteiger partial charge in [0.25, 0.3) is 0 Å². The van der Waals surface area contributed by atoms with Gasteiger partial charge in [-0.15, -0.1) is 0 Å². The summed E-state index contributed by atoms with van der Waals surface area (Å²) < 4.78 is 12.1. The van der Waals surface area contributed by atoms with Crippen molar-refractivity contribution in [3.05, 3.63) is 59.2 Å². The molecule has 0 radical (unpaired) electrons. The monoisotopic (exact) mass is 395 g/mol. The molecule has 154 valence electrons. The lowest BCUT2D eigenvalue weighted by atomic mass is 9.81. The van der Waals surface area contributed by atoms with Crippen LogP contribution in [0.25, 0.3) is 0 Å². The summed E-state index contributed by atoms with van der Waals surface area (Å²) in [5.74, 6) is 1.76. The fourth-order valence-electron chi connectivity index (χ4n) is 5.03. The first-order valence-corrected chi connectivity index (χ1v) is 10.7. The Kier molecular flexibility index (Phi) is 4.77. The smallest absolute Gasteiger partial charge is 0.125 e. The van der Waals surface area contributed by atoms with Crippen LogP contribution in [-0.4, -0.2) is 46.5 Å². The Labute approximate surface area is 171 Å². The second-order valence-corrected chi connectivity index (χ2v) is 8.86. The van der Waals surface area contributed by atoms with E-state index in [1.165, 1.54) is 5.56 Å². The Morgan fingerprint density at radius 3 is 2.76 bits per heavy atom. The molecule has 0 aromatic heterocycles. The number of likely N-dealkylation sites (tertiary alicyclic amines) is 1. The van der Waals surface area contributed by atoms with Crippen LogP contribution in [0.2, 0.25) is 0 Å². The molecular weight excluding hydrogens is 366 g/mol. The van der Waals surface area contributed by atoms with E-state index >= 15 is 0 Å². The molecular formula is C24H29NO4. The Morgan fingerprint density at radius 2 is 1.93 bits per heavy atom. The van der Waals surface area contributed by atoms with Crippen molar-refractivity contribution in [2.45, 2.75) is 56.5 Å². The van der Waals surface area contributed by atoms with E-state index in [9.17, 15) is 10.2 Å². The van der Waals surface area contributed by atoms with Crippen LogP contribution < -0.4 is 9.47 Å². The maximum absolute atomic E-state index is 10.8. The van der Waals surface area contributed by atoms with Crippen molar-refractivity contribution in [1.82, 2.24) is 4.90 Å². The van der Waals surface area contributed by atoms with E-state index in [1.807, 2.05) is 36.4 Å². The molecule has 2 aromatic rings. The van der Waals surface area contributed by atoms with E-state index in [4.69, 9.17) is 9.47 Å². The number of para-hydroxylation sites is 1. The van der Waals surface area contributed by atoms with Crippen LogP contribution in [0.1, 0.15) is 55.1 Å². The molecule has 0 aliphatic carbocycles. The number of hydrogen-bond acceptors (Lipinski definition) is 5. The average Bonchev–Trinajstić information content (AvgIpc) is 3.09. The van der Waals surface area contributed by atoms with Gasteiger partial charge in [0, 0.05) is 38.0 Å². The molecule has 0 saturated carbocycles. The SMILES string of the molecule is C[C@@H]1Cc2cc([C@@H](O)CN3CCC4(CC3)C[C@H](O)c3ccccc3O4)ccc2O1. The van der Waals surface area contributed by atoms with E-state index in [1.54, 1.807) is 0 Å². The van der Waals surface area contributed by atoms with E-state index in [0.29, 0.717) is 13.0 Å². The fourth-order valence-corrected chi connectivity index (χ4v) is 5.03. The summed E-state index contributed by atoms with van der Waals surface area (Å²) in [6.07, 6.45) is 2.51. The van der Waals surface area contributed by atoms with Crippen LogP contribution >= 0.6 is 0 Å². The Morgan fingerprint density at radius 1 is 1.14 bits per heavy atom. The minimum Gasteiger partial charge on any atom is -0.490 e. The highest BCUT2D eigenvalue weighted by Crippen LogP contribution is 2.44. The molecule has 5 rings (SSSR count). The molecule has 1 fully saturated rings. The zero-order valence-electron chi connectivity index (χ0n) is 16.9. The number of ether oxygens (including phenoxy) is 2. The zero-order chi connectivity index (χ0) is 20.0. The van der Waals surface area contributed by atoms with Gasteiger partial charge in [0.1, 0.15) is 23.2 Å². The number of benzene rings is 2. The number of fused-ring (bicyclic) bond motifs is 2. The second kappa shape index (κ2) is 7.31.